The molecule has 0 saturated heterocycles. The number of benzene rings is 1. The van der Waals surface area contributed by atoms with Crippen LogP contribution in [0.15, 0.2) is 67.3 Å². The molecule has 5 rings (SSSR count). The average molecular weight is 451 g/mol. The third-order valence-electron chi connectivity index (χ3n) is 5.29. The Morgan fingerprint density at radius 2 is 1.79 bits per heavy atom. The highest BCUT2D eigenvalue weighted by Gasteiger charge is 2.23. The van der Waals surface area contributed by atoms with Gasteiger partial charge in [0.2, 0.25) is 0 Å². The molecule has 4 aromatic heterocycles. The minimum absolute atomic E-state index is 0.00513. The molecule has 1 amide bonds. The first-order chi connectivity index (χ1) is 16.5. The first-order valence-corrected chi connectivity index (χ1v) is 10.6. The summed E-state index contributed by atoms with van der Waals surface area (Å²) in [7, 11) is 1.82. The van der Waals surface area contributed by atoms with Crippen molar-refractivity contribution in [3.8, 4) is 22.6 Å². The van der Waals surface area contributed by atoms with Crippen LogP contribution in [0.3, 0.4) is 0 Å². The van der Waals surface area contributed by atoms with Gasteiger partial charge in [0, 0.05) is 42.8 Å². The van der Waals surface area contributed by atoms with Crippen LogP contribution >= 0.6 is 0 Å². The van der Waals surface area contributed by atoms with Gasteiger partial charge in [-0.25, -0.2) is 19.9 Å². The molecule has 1 aromatic carbocycles. The van der Waals surface area contributed by atoms with Crippen molar-refractivity contribution in [2.45, 2.75) is 13.0 Å². The van der Waals surface area contributed by atoms with Gasteiger partial charge in [-0.15, -0.1) is 0 Å². The van der Waals surface area contributed by atoms with Crippen LogP contribution in [0.4, 0.5) is 5.82 Å². The fraction of sp³-hybridized carbons (Fsp3) is 0.125. The number of hydrogen-bond acceptors (Lipinski definition) is 8. The van der Waals surface area contributed by atoms with Gasteiger partial charge in [-0.1, -0.05) is 12.1 Å². The fourth-order valence-corrected chi connectivity index (χ4v) is 3.62. The molecule has 0 radical (unpaired) electrons. The van der Waals surface area contributed by atoms with E-state index in [1.54, 1.807) is 36.3 Å². The minimum Gasteiger partial charge on any atom is -0.382 e. The molecule has 0 fully saturated rings. The second kappa shape index (κ2) is 8.66. The summed E-state index contributed by atoms with van der Waals surface area (Å²) in [6.45, 7) is 1.79. The third kappa shape index (κ3) is 4.04. The van der Waals surface area contributed by atoms with E-state index in [1.807, 2.05) is 49.6 Å². The lowest BCUT2D eigenvalue weighted by atomic mass is 10.0. The lowest BCUT2D eigenvalue weighted by Crippen LogP contribution is -2.29. The second-order valence-electron chi connectivity index (χ2n) is 7.74. The fourth-order valence-electron chi connectivity index (χ4n) is 3.62. The molecular formula is C24H21N9O. The number of aryl methyl sites for hydroxylation is 1. The number of nitrogen functional groups attached to an aromatic ring is 1. The molecule has 4 heterocycles. The van der Waals surface area contributed by atoms with Crippen molar-refractivity contribution in [1.29, 1.82) is 0 Å². The van der Waals surface area contributed by atoms with Crippen LogP contribution < -0.4 is 11.1 Å². The number of aromatic nitrogens is 7. The Morgan fingerprint density at radius 3 is 2.56 bits per heavy atom. The number of nitrogens with zero attached hydrogens (tertiary/aromatic N) is 7. The van der Waals surface area contributed by atoms with E-state index in [4.69, 9.17) is 5.73 Å². The minimum atomic E-state index is -0.471. The van der Waals surface area contributed by atoms with Crippen LogP contribution in [-0.4, -0.2) is 40.6 Å². The SMILES string of the molecule is CC(NC(=O)c1nc(-c2ccc3ncccc3c2)c(-c2ccn(C)n2)nc1N)c1ncccn1. The van der Waals surface area contributed by atoms with E-state index < -0.39 is 11.9 Å². The lowest BCUT2D eigenvalue weighted by molar-refractivity contribution is 0.0934. The van der Waals surface area contributed by atoms with E-state index in [-0.39, 0.29) is 11.5 Å². The molecule has 168 valence electrons. The standard InChI is InChI=1S/C24H21N9O/c1-14(23-27-10-4-11-28-23)29-24(34)21-22(25)31-20(18-8-12-33(2)32-18)19(30-21)16-6-7-17-15(13-16)5-3-9-26-17/h3-14H,1-2H3,(H2,25,31)(H,29,34). The van der Waals surface area contributed by atoms with E-state index >= 15 is 0 Å². The Bertz CT molecular complexity index is 1500. The van der Waals surface area contributed by atoms with Crippen molar-refractivity contribution in [2.24, 2.45) is 7.05 Å². The Balaban J connectivity index is 1.60. The molecule has 5 aromatic rings. The Labute approximate surface area is 195 Å². The van der Waals surface area contributed by atoms with Crippen LogP contribution in [0, 0.1) is 0 Å². The number of pyridine rings is 1. The summed E-state index contributed by atoms with van der Waals surface area (Å²) in [4.78, 5) is 35.1. The zero-order valence-corrected chi connectivity index (χ0v) is 18.5. The van der Waals surface area contributed by atoms with Crippen molar-refractivity contribution in [1.82, 2.24) is 40.0 Å². The summed E-state index contributed by atoms with van der Waals surface area (Å²) < 4.78 is 1.67. The van der Waals surface area contributed by atoms with Crippen molar-refractivity contribution in [3.63, 3.8) is 0 Å². The Morgan fingerprint density at radius 1 is 1.00 bits per heavy atom. The first kappa shape index (κ1) is 21.1. The van der Waals surface area contributed by atoms with E-state index in [0.29, 0.717) is 22.9 Å². The Hall–Kier alpha value is -4.73. The number of rotatable bonds is 5. The smallest absolute Gasteiger partial charge is 0.274 e. The van der Waals surface area contributed by atoms with Crippen molar-refractivity contribution in [2.75, 3.05) is 5.73 Å². The molecule has 3 N–H and O–H groups in total. The molecule has 0 bridgehead atoms. The van der Waals surface area contributed by atoms with Gasteiger partial charge in [-0.2, -0.15) is 5.10 Å². The van der Waals surface area contributed by atoms with Crippen LogP contribution in [0.25, 0.3) is 33.5 Å². The molecule has 0 aliphatic rings. The lowest BCUT2D eigenvalue weighted by Gasteiger charge is -2.15. The van der Waals surface area contributed by atoms with Gasteiger partial charge in [-0.05, 0) is 37.3 Å². The van der Waals surface area contributed by atoms with Crippen LogP contribution in [0.2, 0.25) is 0 Å². The van der Waals surface area contributed by atoms with Gasteiger partial charge in [0.05, 0.1) is 17.3 Å². The van der Waals surface area contributed by atoms with Gasteiger partial charge in [0.1, 0.15) is 17.2 Å². The van der Waals surface area contributed by atoms with Crippen molar-refractivity contribution in [3.05, 3.63) is 78.8 Å². The van der Waals surface area contributed by atoms with Gasteiger partial charge < -0.3 is 11.1 Å². The average Bonchev–Trinajstić information content (AvgIpc) is 3.30. The number of nitrogens with one attached hydrogen (secondary N) is 1. The summed E-state index contributed by atoms with van der Waals surface area (Å²) in [5.41, 5.74) is 9.42. The summed E-state index contributed by atoms with van der Waals surface area (Å²) in [5, 5.41) is 8.25. The van der Waals surface area contributed by atoms with Gasteiger partial charge in [0.25, 0.3) is 5.91 Å². The monoisotopic (exact) mass is 451 g/mol. The molecule has 34 heavy (non-hydrogen) atoms. The highest BCUT2D eigenvalue weighted by molar-refractivity contribution is 5.98. The normalized spacial score (nSPS) is 11.9. The Kier molecular flexibility index (Phi) is 5.38. The summed E-state index contributed by atoms with van der Waals surface area (Å²) in [6, 6.07) is 12.7. The van der Waals surface area contributed by atoms with Crippen LogP contribution in [-0.2, 0) is 7.05 Å². The van der Waals surface area contributed by atoms with Gasteiger partial charge in [-0.3, -0.25) is 14.5 Å². The maximum Gasteiger partial charge on any atom is 0.274 e. The number of carbonyl (C=O) groups is 1. The molecule has 0 aliphatic carbocycles. The largest absolute Gasteiger partial charge is 0.382 e. The zero-order valence-electron chi connectivity index (χ0n) is 18.5. The van der Waals surface area contributed by atoms with E-state index in [1.165, 1.54) is 0 Å². The number of nitrogens with two attached hydrogens (primary N) is 1. The molecule has 10 heteroatoms. The van der Waals surface area contributed by atoms with Crippen LogP contribution in [0.5, 0.6) is 0 Å². The van der Waals surface area contributed by atoms with E-state index in [0.717, 1.165) is 16.5 Å². The van der Waals surface area contributed by atoms with E-state index in [9.17, 15) is 4.79 Å². The molecule has 0 saturated carbocycles. The molecule has 1 unspecified atom stereocenters. The quantitative estimate of drug-likeness (QED) is 0.416. The maximum absolute atomic E-state index is 13.1. The topological polar surface area (TPSA) is 137 Å². The van der Waals surface area contributed by atoms with Crippen LogP contribution in [0.1, 0.15) is 29.3 Å². The highest BCUT2D eigenvalue weighted by atomic mass is 16.2. The third-order valence-corrected chi connectivity index (χ3v) is 5.29. The molecule has 0 spiro atoms. The van der Waals surface area contributed by atoms with Crippen molar-refractivity contribution < 1.29 is 4.79 Å². The predicted molar refractivity (Wildman–Crippen MR) is 127 cm³/mol. The number of fused-ring (bicyclic) bond motifs is 1. The summed E-state index contributed by atoms with van der Waals surface area (Å²) in [5.74, 6) is 0.0153. The first-order valence-electron chi connectivity index (χ1n) is 10.6. The number of carbonyl (C=O) groups excluding carboxylic acids is 1. The summed E-state index contributed by atoms with van der Waals surface area (Å²) in [6.07, 6.45) is 6.79. The van der Waals surface area contributed by atoms with Crippen molar-refractivity contribution >= 4 is 22.6 Å². The molecule has 10 nitrogen and oxygen atoms in total. The molecule has 0 aliphatic heterocycles. The zero-order chi connectivity index (χ0) is 23.7. The van der Waals surface area contributed by atoms with Gasteiger partial charge >= 0.3 is 0 Å². The summed E-state index contributed by atoms with van der Waals surface area (Å²) >= 11 is 0. The van der Waals surface area contributed by atoms with Gasteiger partial charge in [0.15, 0.2) is 11.5 Å². The molecule has 1 atom stereocenters. The maximum atomic E-state index is 13.1. The van der Waals surface area contributed by atoms with E-state index in [2.05, 4.69) is 35.3 Å². The highest BCUT2D eigenvalue weighted by Crippen LogP contribution is 2.31. The predicted octanol–water partition coefficient (Wildman–Crippen LogP) is 2.96. The molecular weight excluding hydrogens is 430 g/mol. The number of anilines is 1. The number of hydrogen-bond donors (Lipinski definition) is 2. The number of amides is 1. The second-order valence-corrected chi connectivity index (χ2v) is 7.74.